The van der Waals surface area contributed by atoms with E-state index in [-0.39, 0.29) is 23.2 Å². The number of phenolic OH excluding ortho intramolecular Hbond substituents is 1. The van der Waals surface area contributed by atoms with E-state index in [9.17, 15) is 9.50 Å². The molecule has 1 atom stereocenters. The zero-order valence-corrected chi connectivity index (χ0v) is 8.28. The van der Waals surface area contributed by atoms with Gasteiger partial charge in [0.15, 0.2) is 0 Å². The Morgan fingerprint density at radius 1 is 1.54 bits per heavy atom. The van der Waals surface area contributed by atoms with Gasteiger partial charge in [0, 0.05) is 5.56 Å². The first kappa shape index (κ1) is 12.5. The molecule has 3 N–H and O–H groups in total. The van der Waals surface area contributed by atoms with Crippen LogP contribution in [0.5, 0.6) is 5.75 Å². The van der Waals surface area contributed by atoms with Gasteiger partial charge in [-0.05, 0) is 6.07 Å². The maximum atomic E-state index is 12.1. The normalized spacial score (nSPS) is 11.9. The molecule has 0 saturated heterocycles. The summed E-state index contributed by atoms with van der Waals surface area (Å²) < 4.78 is 12.1. The Kier molecular flexibility index (Phi) is 5.06. The van der Waals surface area contributed by atoms with Crippen LogP contribution >= 0.6 is 24.0 Å². The molecule has 0 aliphatic rings. The van der Waals surface area contributed by atoms with Gasteiger partial charge in [0.1, 0.15) is 12.4 Å². The number of benzene rings is 1. The Bertz CT molecular complexity index is 283. The fourth-order valence-corrected chi connectivity index (χ4v) is 1.10. The van der Waals surface area contributed by atoms with Crippen LogP contribution in [-0.2, 0) is 0 Å². The molecule has 74 valence electrons. The van der Waals surface area contributed by atoms with E-state index in [2.05, 4.69) is 0 Å². The molecule has 1 aromatic carbocycles. The summed E-state index contributed by atoms with van der Waals surface area (Å²) in [6.45, 7) is -0.714. The van der Waals surface area contributed by atoms with Gasteiger partial charge in [-0.2, -0.15) is 0 Å². The van der Waals surface area contributed by atoms with Gasteiger partial charge in [-0.15, -0.1) is 12.4 Å². The number of nitrogens with two attached hydrogens (primary N) is 1. The monoisotopic (exact) mass is 225 g/mol. The number of phenols is 1. The van der Waals surface area contributed by atoms with Crippen LogP contribution in [0.3, 0.4) is 0 Å². The average molecular weight is 226 g/mol. The third-order valence-corrected chi connectivity index (χ3v) is 1.89. The Hall–Kier alpha value is -0.510. The second-order valence-corrected chi connectivity index (χ2v) is 2.85. The molecular weight excluding hydrogens is 216 g/mol. The van der Waals surface area contributed by atoms with Gasteiger partial charge in [-0.3, -0.25) is 0 Å². The molecule has 5 heteroatoms. The van der Waals surface area contributed by atoms with Crippen molar-refractivity contribution in [1.29, 1.82) is 0 Å². The molecule has 0 fully saturated rings. The number of alkyl halides is 1. The number of hydrogen-bond acceptors (Lipinski definition) is 2. The summed E-state index contributed by atoms with van der Waals surface area (Å²) in [5.41, 5.74) is 5.71. The number of hydrogen-bond donors (Lipinski definition) is 2. The van der Waals surface area contributed by atoms with Crippen LogP contribution in [0.25, 0.3) is 0 Å². The van der Waals surface area contributed by atoms with Crippen molar-refractivity contribution in [2.75, 3.05) is 6.67 Å². The quantitative estimate of drug-likeness (QED) is 0.813. The molecule has 1 rings (SSSR count). The van der Waals surface area contributed by atoms with E-state index < -0.39 is 12.7 Å². The summed E-state index contributed by atoms with van der Waals surface area (Å²) in [7, 11) is 0. The number of halogens is 3. The summed E-state index contributed by atoms with van der Waals surface area (Å²) in [5.74, 6) is -0.135. The Balaban J connectivity index is 0.00000144. The molecule has 0 amide bonds. The molecule has 2 nitrogen and oxygen atoms in total. The SMILES string of the molecule is Cl.N[C@@H](CF)c1cccc(Cl)c1O. The van der Waals surface area contributed by atoms with E-state index in [1.165, 1.54) is 6.07 Å². The molecule has 0 radical (unpaired) electrons. The zero-order valence-electron chi connectivity index (χ0n) is 6.71. The van der Waals surface area contributed by atoms with Crippen LogP contribution in [0.4, 0.5) is 4.39 Å². The topological polar surface area (TPSA) is 46.2 Å². The smallest absolute Gasteiger partial charge is 0.139 e. The molecule has 0 heterocycles. The van der Waals surface area contributed by atoms with Crippen LogP contribution in [0.1, 0.15) is 11.6 Å². The Morgan fingerprint density at radius 3 is 2.69 bits per heavy atom. The average Bonchev–Trinajstić information content (AvgIpc) is 2.08. The van der Waals surface area contributed by atoms with Crippen molar-refractivity contribution in [3.8, 4) is 5.75 Å². The molecule has 0 saturated carbocycles. The minimum atomic E-state index is -0.802. The van der Waals surface area contributed by atoms with Crippen molar-refractivity contribution < 1.29 is 9.50 Å². The Morgan fingerprint density at radius 2 is 2.15 bits per heavy atom. The molecule has 13 heavy (non-hydrogen) atoms. The molecular formula is C8H10Cl2FNO. The van der Waals surface area contributed by atoms with Crippen molar-refractivity contribution in [2.45, 2.75) is 6.04 Å². The molecule has 1 aromatic rings. The van der Waals surface area contributed by atoms with Crippen LogP contribution in [0, 0.1) is 0 Å². The van der Waals surface area contributed by atoms with Gasteiger partial charge in [0.25, 0.3) is 0 Å². The highest BCUT2D eigenvalue weighted by atomic mass is 35.5. The van der Waals surface area contributed by atoms with E-state index in [0.29, 0.717) is 5.56 Å². The predicted octanol–water partition coefficient (Wildman–Crippen LogP) is 2.44. The summed E-state index contributed by atoms with van der Waals surface area (Å²) >= 11 is 5.59. The van der Waals surface area contributed by atoms with Crippen LogP contribution in [0.15, 0.2) is 18.2 Å². The zero-order chi connectivity index (χ0) is 9.14. The lowest BCUT2D eigenvalue weighted by atomic mass is 10.1. The largest absolute Gasteiger partial charge is 0.506 e. The Labute approximate surface area is 86.9 Å². The summed E-state index contributed by atoms with van der Waals surface area (Å²) in [5, 5.41) is 9.51. The highest BCUT2D eigenvalue weighted by molar-refractivity contribution is 6.32. The van der Waals surface area contributed by atoms with Crippen LogP contribution in [-0.4, -0.2) is 11.8 Å². The van der Waals surface area contributed by atoms with Gasteiger partial charge < -0.3 is 10.8 Å². The maximum Gasteiger partial charge on any atom is 0.139 e. The van der Waals surface area contributed by atoms with E-state index in [4.69, 9.17) is 17.3 Å². The minimum Gasteiger partial charge on any atom is -0.506 e. The number of rotatable bonds is 2. The predicted molar refractivity (Wildman–Crippen MR) is 53.3 cm³/mol. The number of aromatic hydroxyl groups is 1. The van der Waals surface area contributed by atoms with Gasteiger partial charge in [0.05, 0.1) is 11.1 Å². The number of para-hydroxylation sites is 1. The van der Waals surface area contributed by atoms with E-state index in [1.54, 1.807) is 12.1 Å². The third kappa shape index (κ3) is 2.72. The van der Waals surface area contributed by atoms with Gasteiger partial charge in [-0.1, -0.05) is 23.7 Å². The lowest BCUT2D eigenvalue weighted by Gasteiger charge is -2.09. The van der Waals surface area contributed by atoms with E-state index >= 15 is 0 Å². The first-order chi connectivity index (χ1) is 5.66. The maximum absolute atomic E-state index is 12.1. The molecule has 0 aliphatic carbocycles. The van der Waals surface area contributed by atoms with Crippen molar-refractivity contribution in [2.24, 2.45) is 5.73 Å². The van der Waals surface area contributed by atoms with Gasteiger partial charge >= 0.3 is 0 Å². The highest BCUT2D eigenvalue weighted by Gasteiger charge is 2.11. The molecule has 0 aromatic heterocycles. The van der Waals surface area contributed by atoms with Crippen molar-refractivity contribution in [3.05, 3.63) is 28.8 Å². The highest BCUT2D eigenvalue weighted by Crippen LogP contribution is 2.30. The lowest BCUT2D eigenvalue weighted by molar-refractivity contribution is 0.414. The van der Waals surface area contributed by atoms with E-state index in [0.717, 1.165) is 0 Å². The second kappa shape index (κ2) is 5.27. The third-order valence-electron chi connectivity index (χ3n) is 1.58. The molecule has 0 aliphatic heterocycles. The van der Waals surface area contributed by atoms with Crippen molar-refractivity contribution in [1.82, 2.24) is 0 Å². The van der Waals surface area contributed by atoms with Gasteiger partial charge in [0.2, 0.25) is 0 Å². The standard InChI is InChI=1S/C8H9ClFNO.ClH/c9-6-3-1-2-5(8(6)12)7(11)4-10;/h1-3,7,12H,4,11H2;1H/t7-;/m0./s1. The van der Waals surface area contributed by atoms with Gasteiger partial charge in [-0.25, -0.2) is 4.39 Å². The van der Waals surface area contributed by atoms with Crippen molar-refractivity contribution >= 4 is 24.0 Å². The second-order valence-electron chi connectivity index (χ2n) is 2.44. The first-order valence-corrected chi connectivity index (χ1v) is 3.83. The fourth-order valence-electron chi connectivity index (χ4n) is 0.914. The lowest BCUT2D eigenvalue weighted by Crippen LogP contribution is -2.12. The molecule has 0 bridgehead atoms. The van der Waals surface area contributed by atoms with Crippen molar-refractivity contribution in [3.63, 3.8) is 0 Å². The first-order valence-electron chi connectivity index (χ1n) is 3.45. The van der Waals surface area contributed by atoms with E-state index in [1.807, 2.05) is 0 Å². The van der Waals surface area contributed by atoms with Crippen LogP contribution in [0.2, 0.25) is 5.02 Å². The molecule has 0 unspecified atom stereocenters. The van der Waals surface area contributed by atoms with Crippen LogP contribution < -0.4 is 5.73 Å². The molecule has 0 spiro atoms. The summed E-state index contributed by atoms with van der Waals surface area (Å²) in [6.07, 6.45) is 0. The summed E-state index contributed by atoms with van der Waals surface area (Å²) in [6, 6.07) is 3.88. The fraction of sp³-hybridized carbons (Fsp3) is 0.250. The minimum absolute atomic E-state index is 0. The summed E-state index contributed by atoms with van der Waals surface area (Å²) in [4.78, 5) is 0.